The summed E-state index contributed by atoms with van der Waals surface area (Å²) in [4.78, 5) is 20.5. The maximum Gasteiger partial charge on any atom is 0.227 e. The largest absolute Gasteiger partial charge is 0.435 e. The summed E-state index contributed by atoms with van der Waals surface area (Å²) < 4.78 is 8.92. The molecule has 1 aliphatic carbocycles. The molecule has 0 unspecified atom stereocenters. The molecule has 10 aromatic rings. The van der Waals surface area contributed by atoms with Gasteiger partial charge in [0.05, 0.1) is 0 Å². The van der Waals surface area contributed by atoms with Gasteiger partial charge in [0.2, 0.25) is 5.89 Å². The molecule has 0 N–H and O–H groups in total. The van der Waals surface area contributed by atoms with E-state index >= 15 is 0 Å². The first-order valence-corrected chi connectivity index (χ1v) is 18.6. The van der Waals surface area contributed by atoms with E-state index in [0.717, 1.165) is 59.6 Å². The van der Waals surface area contributed by atoms with Crippen molar-refractivity contribution in [2.45, 2.75) is 19.3 Å². The van der Waals surface area contributed by atoms with Crippen molar-refractivity contribution in [1.82, 2.24) is 19.9 Å². The molecule has 0 saturated carbocycles. The summed E-state index contributed by atoms with van der Waals surface area (Å²) in [7, 11) is 0. The van der Waals surface area contributed by atoms with Gasteiger partial charge in [-0.2, -0.15) is 0 Å². The Bertz CT molecular complexity index is 3090. The van der Waals surface area contributed by atoms with Crippen molar-refractivity contribution in [3.8, 4) is 56.7 Å². The van der Waals surface area contributed by atoms with Gasteiger partial charge in [-0.3, -0.25) is 0 Å². The lowest BCUT2D eigenvalue weighted by molar-refractivity contribution is 0.623. The van der Waals surface area contributed by atoms with Crippen LogP contribution in [0.1, 0.15) is 25.0 Å². The van der Waals surface area contributed by atoms with Crippen LogP contribution in [0.15, 0.2) is 150 Å². The number of rotatable bonds is 4. The standard InChI is InChI=1S/C47H30N4OS/c1-47(2)34-18-10-9-16-31(34)39-32(17-11-19-35(39)47)45-50-43(28-12-5-3-6-13-28)49-44(51-45)30-21-20-27-22-24-37-40(33(27)26-30)41-38(53-37)25-23-36-42(41)52-46(48-36)29-14-7-4-8-15-29/h3-26H,1-2H3. The predicted octanol–water partition coefficient (Wildman–Crippen LogP) is 12.5. The fourth-order valence-corrected chi connectivity index (χ4v) is 9.30. The third-order valence-corrected chi connectivity index (χ3v) is 11.9. The van der Waals surface area contributed by atoms with E-state index in [1.54, 1.807) is 11.3 Å². The summed E-state index contributed by atoms with van der Waals surface area (Å²) in [5.74, 6) is 2.56. The van der Waals surface area contributed by atoms with Crippen molar-refractivity contribution in [2.24, 2.45) is 0 Å². The number of hydrogen-bond donors (Lipinski definition) is 0. The van der Waals surface area contributed by atoms with Crippen LogP contribution in [-0.4, -0.2) is 19.9 Å². The van der Waals surface area contributed by atoms with Gasteiger partial charge in [-0.25, -0.2) is 19.9 Å². The molecule has 6 heteroatoms. The topological polar surface area (TPSA) is 64.7 Å². The van der Waals surface area contributed by atoms with Gasteiger partial charge in [0.15, 0.2) is 23.1 Å². The van der Waals surface area contributed by atoms with Crippen molar-refractivity contribution in [3.05, 3.63) is 157 Å². The van der Waals surface area contributed by atoms with Crippen LogP contribution in [0.5, 0.6) is 0 Å². The smallest absolute Gasteiger partial charge is 0.227 e. The summed E-state index contributed by atoms with van der Waals surface area (Å²) in [5, 5.41) is 4.50. The molecule has 7 aromatic carbocycles. The van der Waals surface area contributed by atoms with Crippen molar-refractivity contribution < 1.29 is 4.42 Å². The van der Waals surface area contributed by atoms with Crippen LogP contribution in [0.3, 0.4) is 0 Å². The summed E-state index contributed by atoms with van der Waals surface area (Å²) in [6.07, 6.45) is 0. The second-order valence-electron chi connectivity index (χ2n) is 14.2. The highest BCUT2D eigenvalue weighted by atomic mass is 32.1. The van der Waals surface area contributed by atoms with E-state index in [1.165, 1.54) is 27.0 Å². The first-order valence-electron chi connectivity index (χ1n) is 17.8. The minimum atomic E-state index is -0.135. The molecule has 0 aliphatic heterocycles. The molecule has 0 amide bonds. The molecule has 53 heavy (non-hydrogen) atoms. The average molecular weight is 699 g/mol. The van der Waals surface area contributed by atoms with E-state index in [0.29, 0.717) is 23.4 Å². The molecule has 0 radical (unpaired) electrons. The van der Waals surface area contributed by atoms with Crippen LogP contribution in [-0.2, 0) is 5.41 Å². The second-order valence-corrected chi connectivity index (χ2v) is 15.3. The third-order valence-electron chi connectivity index (χ3n) is 10.8. The monoisotopic (exact) mass is 698 g/mol. The van der Waals surface area contributed by atoms with Gasteiger partial charge in [0, 0.05) is 47.8 Å². The predicted molar refractivity (Wildman–Crippen MR) is 217 cm³/mol. The molecule has 11 rings (SSSR count). The number of thiophene rings is 1. The summed E-state index contributed by atoms with van der Waals surface area (Å²) >= 11 is 1.77. The van der Waals surface area contributed by atoms with Crippen LogP contribution >= 0.6 is 11.3 Å². The Balaban J connectivity index is 1.15. The quantitative estimate of drug-likeness (QED) is 0.183. The minimum absolute atomic E-state index is 0.135. The maximum absolute atomic E-state index is 6.57. The number of hydrogen-bond acceptors (Lipinski definition) is 6. The van der Waals surface area contributed by atoms with Crippen LogP contribution in [0, 0.1) is 0 Å². The van der Waals surface area contributed by atoms with Crippen molar-refractivity contribution >= 4 is 53.4 Å². The van der Waals surface area contributed by atoms with E-state index < -0.39 is 0 Å². The van der Waals surface area contributed by atoms with Crippen LogP contribution in [0.4, 0.5) is 0 Å². The molecule has 1 aliphatic rings. The fraction of sp³-hybridized carbons (Fsp3) is 0.0638. The lowest BCUT2D eigenvalue weighted by Gasteiger charge is -2.21. The van der Waals surface area contributed by atoms with Gasteiger partial charge in [0.25, 0.3) is 0 Å². The molecule has 5 nitrogen and oxygen atoms in total. The Kier molecular flexibility index (Phi) is 6.40. The third kappa shape index (κ3) is 4.55. The van der Waals surface area contributed by atoms with Gasteiger partial charge >= 0.3 is 0 Å². The highest BCUT2D eigenvalue weighted by Gasteiger charge is 2.37. The van der Waals surface area contributed by atoms with Gasteiger partial charge in [0.1, 0.15) is 5.52 Å². The first-order chi connectivity index (χ1) is 26.0. The highest BCUT2D eigenvalue weighted by molar-refractivity contribution is 7.26. The van der Waals surface area contributed by atoms with Gasteiger partial charge in [-0.1, -0.05) is 123 Å². The van der Waals surface area contributed by atoms with Crippen molar-refractivity contribution in [1.29, 1.82) is 0 Å². The van der Waals surface area contributed by atoms with Crippen molar-refractivity contribution in [2.75, 3.05) is 0 Å². The van der Waals surface area contributed by atoms with Gasteiger partial charge < -0.3 is 4.42 Å². The SMILES string of the molecule is CC1(C)c2ccccc2-c2c(-c3nc(-c4ccccc4)nc(-c4ccc5ccc6sc7ccc8nc(-c9ccccc9)oc8c7c6c5c4)n3)cccc21. The second kappa shape index (κ2) is 11.2. The number of benzene rings is 7. The fourth-order valence-electron chi connectivity index (χ4n) is 8.18. The zero-order chi connectivity index (χ0) is 35.3. The molecular weight excluding hydrogens is 669 g/mol. The Hall–Kier alpha value is -6.50. The molecule has 0 fully saturated rings. The number of fused-ring (bicyclic) bond motifs is 10. The van der Waals surface area contributed by atoms with E-state index in [9.17, 15) is 0 Å². The molecule has 3 heterocycles. The Labute approximate surface area is 309 Å². The van der Waals surface area contributed by atoms with Crippen LogP contribution in [0.2, 0.25) is 0 Å². The molecule has 0 bridgehead atoms. The Morgan fingerprint density at radius 3 is 1.98 bits per heavy atom. The van der Waals surface area contributed by atoms with E-state index in [2.05, 4.69) is 111 Å². The zero-order valence-electron chi connectivity index (χ0n) is 29.0. The number of oxazole rings is 1. The minimum Gasteiger partial charge on any atom is -0.435 e. The summed E-state index contributed by atoms with van der Waals surface area (Å²) in [5.41, 5.74) is 10.4. The van der Waals surface area contributed by atoms with Gasteiger partial charge in [-0.15, -0.1) is 11.3 Å². The van der Waals surface area contributed by atoms with Crippen LogP contribution < -0.4 is 0 Å². The molecule has 0 atom stereocenters. The Morgan fingerprint density at radius 1 is 0.509 bits per heavy atom. The lowest BCUT2D eigenvalue weighted by atomic mass is 9.82. The molecule has 0 saturated heterocycles. The van der Waals surface area contributed by atoms with Crippen molar-refractivity contribution in [3.63, 3.8) is 0 Å². The van der Waals surface area contributed by atoms with E-state index in [4.69, 9.17) is 24.4 Å². The molecular formula is C47H30N4OS. The number of aromatic nitrogens is 4. The molecule has 3 aromatic heterocycles. The molecule has 250 valence electrons. The Morgan fingerprint density at radius 2 is 1.15 bits per heavy atom. The van der Waals surface area contributed by atoms with E-state index in [-0.39, 0.29) is 5.41 Å². The highest BCUT2D eigenvalue weighted by Crippen LogP contribution is 2.52. The summed E-state index contributed by atoms with van der Waals surface area (Å²) in [6.45, 7) is 4.60. The zero-order valence-corrected chi connectivity index (χ0v) is 29.8. The van der Waals surface area contributed by atoms with Crippen LogP contribution in [0.25, 0.3) is 98.8 Å². The van der Waals surface area contributed by atoms with E-state index in [1.807, 2.05) is 48.5 Å². The maximum atomic E-state index is 6.57. The van der Waals surface area contributed by atoms with Gasteiger partial charge in [-0.05, 0) is 69.4 Å². The first kappa shape index (κ1) is 30.2. The summed E-state index contributed by atoms with van der Waals surface area (Å²) in [6, 6.07) is 50.7. The molecule has 0 spiro atoms. The average Bonchev–Trinajstić information content (AvgIpc) is 3.89. The lowest BCUT2D eigenvalue weighted by Crippen LogP contribution is -2.14. The normalized spacial score (nSPS) is 13.2. The number of nitrogens with zero attached hydrogens (tertiary/aromatic N) is 4.